The van der Waals surface area contributed by atoms with E-state index < -0.39 is 15.3 Å². The summed E-state index contributed by atoms with van der Waals surface area (Å²) in [5.74, 6) is 0. The lowest BCUT2D eigenvalue weighted by atomic mass is 10.2. The van der Waals surface area contributed by atoms with Gasteiger partial charge in [0.05, 0.1) is 5.25 Å². The summed E-state index contributed by atoms with van der Waals surface area (Å²) in [6.07, 6.45) is 0. The highest BCUT2D eigenvalue weighted by Crippen LogP contribution is 2.19. The highest BCUT2D eigenvalue weighted by Gasteiger charge is 2.28. The molecule has 0 aliphatic rings. The number of sulfonamides is 1. The van der Waals surface area contributed by atoms with Gasteiger partial charge in [-0.05, 0) is 45.4 Å². The Morgan fingerprint density at radius 2 is 1.83 bits per heavy atom. The summed E-state index contributed by atoms with van der Waals surface area (Å²) in [5, 5.41) is 0.206. The van der Waals surface area contributed by atoms with Crippen molar-refractivity contribution in [3.8, 4) is 0 Å². The summed E-state index contributed by atoms with van der Waals surface area (Å²) < 4.78 is 26.0. The second-order valence-electron chi connectivity index (χ2n) is 4.86. The third-order valence-electron chi connectivity index (χ3n) is 2.73. The minimum absolute atomic E-state index is 0.0728. The topological polar surface area (TPSA) is 37.4 Å². The first-order chi connectivity index (χ1) is 8.25. The molecule has 102 valence electrons. The number of hydrogen-bond acceptors (Lipinski definition) is 2. The van der Waals surface area contributed by atoms with Gasteiger partial charge >= 0.3 is 0 Å². The van der Waals surface area contributed by atoms with Crippen molar-refractivity contribution in [3.63, 3.8) is 0 Å². The van der Waals surface area contributed by atoms with E-state index in [0.29, 0.717) is 11.6 Å². The maximum Gasteiger partial charge on any atom is 0.216 e. The Hall–Kier alpha value is -0.580. The van der Waals surface area contributed by atoms with Crippen LogP contribution in [-0.4, -0.2) is 24.0 Å². The summed E-state index contributed by atoms with van der Waals surface area (Å²) in [7, 11) is -3.26. The average molecular weight is 290 g/mol. The predicted octanol–water partition coefficient (Wildman–Crippen LogP) is 3.29. The van der Waals surface area contributed by atoms with E-state index in [1.807, 2.05) is 26.0 Å². The zero-order valence-electron chi connectivity index (χ0n) is 11.2. The van der Waals surface area contributed by atoms with Gasteiger partial charge in [0, 0.05) is 17.6 Å². The maximum absolute atomic E-state index is 12.3. The molecule has 18 heavy (non-hydrogen) atoms. The van der Waals surface area contributed by atoms with Crippen LogP contribution >= 0.6 is 11.6 Å². The molecule has 3 nitrogen and oxygen atoms in total. The molecule has 0 heterocycles. The van der Waals surface area contributed by atoms with Crippen molar-refractivity contribution in [2.75, 3.05) is 0 Å². The lowest BCUT2D eigenvalue weighted by molar-refractivity contribution is 0.344. The van der Waals surface area contributed by atoms with Crippen LogP contribution in [0, 0.1) is 0 Å². The van der Waals surface area contributed by atoms with Crippen molar-refractivity contribution in [2.45, 2.75) is 45.5 Å². The molecule has 0 fully saturated rings. The second kappa shape index (κ2) is 6.04. The Morgan fingerprint density at radius 1 is 1.22 bits per heavy atom. The van der Waals surface area contributed by atoms with Gasteiger partial charge < -0.3 is 0 Å². The van der Waals surface area contributed by atoms with Gasteiger partial charge in [0.15, 0.2) is 0 Å². The fourth-order valence-corrected chi connectivity index (χ4v) is 3.32. The summed E-state index contributed by atoms with van der Waals surface area (Å²) in [4.78, 5) is 0. The van der Waals surface area contributed by atoms with Crippen molar-refractivity contribution < 1.29 is 8.42 Å². The van der Waals surface area contributed by atoms with Gasteiger partial charge in [0.1, 0.15) is 0 Å². The molecule has 1 aromatic rings. The number of hydrogen-bond donors (Lipinski definition) is 0. The normalized spacial score (nSPS) is 12.7. The molecular weight excluding hydrogens is 270 g/mol. The Kier molecular flexibility index (Phi) is 5.20. The SMILES string of the molecule is CC(C)N(Cc1cccc(Cl)c1)S(=O)(=O)C(C)C. The van der Waals surface area contributed by atoms with Gasteiger partial charge in [-0.1, -0.05) is 23.7 Å². The molecule has 0 aliphatic heterocycles. The molecule has 0 bridgehead atoms. The molecule has 0 spiro atoms. The molecule has 0 saturated heterocycles. The van der Waals surface area contributed by atoms with Gasteiger partial charge in [-0.2, -0.15) is 4.31 Å². The van der Waals surface area contributed by atoms with Crippen molar-refractivity contribution in [3.05, 3.63) is 34.9 Å². The maximum atomic E-state index is 12.3. The molecule has 0 aromatic heterocycles. The van der Waals surface area contributed by atoms with E-state index in [4.69, 9.17) is 11.6 Å². The Bertz CT molecular complexity index is 497. The van der Waals surface area contributed by atoms with Gasteiger partial charge in [0.25, 0.3) is 0 Å². The first kappa shape index (κ1) is 15.5. The van der Waals surface area contributed by atoms with E-state index in [1.54, 1.807) is 26.0 Å². The highest BCUT2D eigenvalue weighted by atomic mass is 35.5. The summed E-state index contributed by atoms with van der Waals surface area (Å²) in [6, 6.07) is 7.22. The molecule has 5 heteroatoms. The number of rotatable bonds is 5. The monoisotopic (exact) mass is 289 g/mol. The van der Waals surface area contributed by atoms with E-state index in [1.165, 1.54) is 4.31 Å². The van der Waals surface area contributed by atoms with Gasteiger partial charge in [0.2, 0.25) is 10.0 Å². The smallest absolute Gasteiger partial charge is 0.212 e. The van der Waals surface area contributed by atoms with Crippen molar-refractivity contribution in [1.29, 1.82) is 0 Å². The molecule has 0 N–H and O–H groups in total. The Labute approximate surface area is 115 Å². The van der Waals surface area contributed by atoms with Gasteiger partial charge in [-0.3, -0.25) is 0 Å². The molecule has 0 radical (unpaired) electrons. The zero-order valence-corrected chi connectivity index (χ0v) is 12.8. The predicted molar refractivity (Wildman–Crippen MR) is 76.2 cm³/mol. The second-order valence-corrected chi connectivity index (χ2v) is 7.74. The van der Waals surface area contributed by atoms with Crippen LogP contribution in [0.4, 0.5) is 0 Å². The number of nitrogens with zero attached hydrogens (tertiary/aromatic N) is 1. The Morgan fingerprint density at radius 3 is 2.28 bits per heavy atom. The first-order valence-corrected chi connectivity index (χ1v) is 7.88. The zero-order chi connectivity index (χ0) is 13.9. The van der Waals surface area contributed by atoms with Crippen molar-refractivity contribution >= 4 is 21.6 Å². The van der Waals surface area contributed by atoms with Crippen LogP contribution in [0.1, 0.15) is 33.3 Å². The lowest BCUT2D eigenvalue weighted by Crippen LogP contribution is -2.40. The van der Waals surface area contributed by atoms with Crippen LogP contribution in [-0.2, 0) is 16.6 Å². The Balaban J connectivity index is 3.02. The van der Waals surface area contributed by atoms with Crippen LogP contribution < -0.4 is 0 Å². The minimum Gasteiger partial charge on any atom is -0.212 e. The van der Waals surface area contributed by atoms with Gasteiger partial charge in [-0.15, -0.1) is 0 Å². The fraction of sp³-hybridized carbons (Fsp3) is 0.538. The first-order valence-electron chi connectivity index (χ1n) is 6.00. The summed E-state index contributed by atoms with van der Waals surface area (Å²) >= 11 is 5.92. The van der Waals surface area contributed by atoms with E-state index in [9.17, 15) is 8.42 Å². The van der Waals surface area contributed by atoms with E-state index >= 15 is 0 Å². The van der Waals surface area contributed by atoms with Crippen LogP contribution in [0.2, 0.25) is 5.02 Å². The van der Waals surface area contributed by atoms with Crippen molar-refractivity contribution in [1.82, 2.24) is 4.31 Å². The lowest BCUT2D eigenvalue weighted by Gasteiger charge is -2.28. The van der Waals surface area contributed by atoms with Gasteiger partial charge in [-0.25, -0.2) is 8.42 Å². The van der Waals surface area contributed by atoms with E-state index in [-0.39, 0.29) is 6.04 Å². The molecule has 0 atom stereocenters. The number of halogens is 1. The third kappa shape index (κ3) is 3.70. The standard InChI is InChI=1S/C13H20ClNO2S/c1-10(2)15(18(16,17)11(3)4)9-12-6-5-7-13(14)8-12/h5-8,10-11H,9H2,1-4H3. The minimum atomic E-state index is -3.26. The quantitative estimate of drug-likeness (QED) is 0.834. The molecule has 0 saturated carbocycles. The van der Waals surface area contributed by atoms with Crippen LogP contribution in [0.5, 0.6) is 0 Å². The molecule has 0 unspecified atom stereocenters. The molecule has 0 amide bonds. The average Bonchev–Trinajstić information content (AvgIpc) is 2.25. The largest absolute Gasteiger partial charge is 0.216 e. The van der Waals surface area contributed by atoms with Crippen molar-refractivity contribution in [2.24, 2.45) is 0 Å². The summed E-state index contributed by atoms with van der Waals surface area (Å²) in [6.45, 7) is 7.51. The summed E-state index contributed by atoms with van der Waals surface area (Å²) in [5.41, 5.74) is 0.903. The molecule has 1 rings (SSSR count). The molecule has 0 aliphatic carbocycles. The molecule has 1 aromatic carbocycles. The van der Waals surface area contributed by atoms with E-state index in [0.717, 1.165) is 5.56 Å². The van der Waals surface area contributed by atoms with Crippen LogP contribution in [0.3, 0.4) is 0 Å². The third-order valence-corrected chi connectivity index (χ3v) is 5.36. The van der Waals surface area contributed by atoms with E-state index in [2.05, 4.69) is 0 Å². The van der Waals surface area contributed by atoms with Crippen LogP contribution in [0.15, 0.2) is 24.3 Å². The highest BCUT2D eigenvalue weighted by molar-refractivity contribution is 7.89. The van der Waals surface area contributed by atoms with Crippen LogP contribution in [0.25, 0.3) is 0 Å². The molecular formula is C13H20ClNO2S. The fourth-order valence-electron chi connectivity index (χ4n) is 1.65. The number of benzene rings is 1.